The lowest BCUT2D eigenvalue weighted by Crippen LogP contribution is -2.22. The van der Waals surface area contributed by atoms with E-state index in [0.29, 0.717) is 17.6 Å². The van der Waals surface area contributed by atoms with Gasteiger partial charge in [-0.2, -0.15) is 0 Å². The summed E-state index contributed by atoms with van der Waals surface area (Å²) in [7, 11) is -4.32. The molecule has 32 heavy (non-hydrogen) atoms. The zero-order valence-electron chi connectivity index (χ0n) is 17.1. The molecule has 0 saturated carbocycles. The van der Waals surface area contributed by atoms with Gasteiger partial charge in [0.15, 0.2) is 5.13 Å². The van der Waals surface area contributed by atoms with E-state index in [-0.39, 0.29) is 17.4 Å². The Labute approximate surface area is 194 Å². The van der Waals surface area contributed by atoms with Crippen molar-refractivity contribution in [2.24, 2.45) is 0 Å². The highest BCUT2D eigenvalue weighted by atomic mass is 35.5. The van der Waals surface area contributed by atoms with E-state index in [9.17, 15) is 17.2 Å². The highest BCUT2D eigenvalue weighted by Gasteiger charge is 2.23. The van der Waals surface area contributed by atoms with Crippen LogP contribution in [-0.2, 0) is 16.6 Å². The van der Waals surface area contributed by atoms with Crippen molar-refractivity contribution >= 4 is 49.5 Å². The number of anilines is 3. The van der Waals surface area contributed by atoms with Crippen molar-refractivity contribution < 1.29 is 17.2 Å². The minimum atomic E-state index is -4.32. The second-order valence-electron chi connectivity index (χ2n) is 6.64. The molecule has 0 bridgehead atoms. The molecule has 172 valence electrons. The highest BCUT2D eigenvalue weighted by Crippen LogP contribution is 2.27. The maximum absolute atomic E-state index is 14.6. The van der Waals surface area contributed by atoms with Crippen LogP contribution in [0.2, 0.25) is 5.02 Å². The van der Waals surface area contributed by atoms with Gasteiger partial charge in [0.25, 0.3) is 10.0 Å². The number of thiazole rings is 1. The van der Waals surface area contributed by atoms with Gasteiger partial charge in [-0.15, -0.1) is 11.3 Å². The topological polar surface area (TPSA) is 95.1 Å². The van der Waals surface area contributed by atoms with Crippen LogP contribution in [0.25, 0.3) is 0 Å². The van der Waals surface area contributed by atoms with Gasteiger partial charge in [-0.3, -0.25) is 4.72 Å². The van der Waals surface area contributed by atoms with Gasteiger partial charge in [0.1, 0.15) is 16.5 Å². The van der Waals surface area contributed by atoms with Gasteiger partial charge in [0.2, 0.25) is 0 Å². The number of hydrogen-bond acceptors (Lipinski definition) is 7. The average molecular weight is 502 g/mol. The number of halogens is 3. The molecule has 0 amide bonds. The molecule has 2 aromatic carbocycles. The third kappa shape index (κ3) is 6.28. The molecule has 1 aromatic heterocycles. The normalized spacial score (nSPS) is 11.4. The third-order valence-corrected chi connectivity index (χ3v) is 6.78. The molecule has 12 heteroatoms. The molecular formula is C20H22ClF2N5O2S2. The fourth-order valence-corrected chi connectivity index (χ4v) is 4.87. The minimum Gasteiger partial charge on any atom is -0.383 e. The molecule has 0 aliphatic rings. The number of sulfonamides is 1. The summed E-state index contributed by atoms with van der Waals surface area (Å²) in [6.07, 6.45) is 1.40. The van der Waals surface area contributed by atoms with Crippen molar-refractivity contribution in [2.75, 3.05) is 35.0 Å². The molecule has 0 atom stereocenters. The smallest absolute Gasteiger partial charge is 0.266 e. The zero-order chi connectivity index (χ0) is 23.1. The Balaban J connectivity index is 1.74. The molecule has 0 radical (unpaired) electrons. The molecule has 7 nitrogen and oxygen atoms in total. The van der Waals surface area contributed by atoms with Crippen LogP contribution in [0.3, 0.4) is 0 Å². The number of nitrogens with zero attached hydrogens (tertiary/aromatic N) is 1. The lowest BCUT2D eigenvalue weighted by atomic mass is 10.1. The fraction of sp³-hybridized carbons (Fsp3) is 0.250. The summed E-state index contributed by atoms with van der Waals surface area (Å²) < 4.78 is 56.1. The first-order chi connectivity index (χ1) is 15.3. The van der Waals surface area contributed by atoms with Gasteiger partial charge < -0.3 is 16.0 Å². The SMILES string of the molecule is CCNCCNc1cc(Cl)ccc1CNc1cc(F)c(S(=O)(=O)Nc2nccs2)cc1F. The molecule has 1 heterocycles. The van der Waals surface area contributed by atoms with Crippen LogP contribution in [0, 0.1) is 11.6 Å². The molecule has 0 unspecified atom stereocenters. The van der Waals surface area contributed by atoms with E-state index >= 15 is 0 Å². The summed E-state index contributed by atoms with van der Waals surface area (Å²) >= 11 is 7.10. The Hall–Kier alpha value is -2.47. The van der Waals surface area contributed by atoms with E-state index in [1.54, 1.807) is 23.6 Å². The van der Waals surface area contributed by atoms with Crippen LogP contribution < -0.4 is 20.7 Å². The number of benzene rings is 2. The van der Waals surface area contributed by atoms with Crippen LogP contribution in [0.5, 0.6) is 0 Å². The molecule has 0 spiro atoms. The Kier molecular flexibility index (Phi) is 8.24. The Morgan fingerprint density at radius 2 is 1.88 bits per heavy atom. The van der Waals surface area contributed by atoms with Gasteiger partial charge in [-0.05, 0) is 30.3 Å². The lowest BCUT2D eigenvalue weighted by molar-refractivity contribution is 0.557. The predicted octanol–water partition coefficient (Wildman–Crippen LogP) is 4.51. The van der Waals surface area contributed by atoms with Crippen LogP contribution >= 0.6 is 22.9 Å². The van der Waals surface area contributed by atoms with Crippen LogP contribution in [0.4, 0.5) is 25.3 Å². The summed E-state index contributed by atoms with van der Waals surface area (Å²) in [5.74, 6) is -1.99. The summed E-state index contributed by atoms with van der Waals surface area (Å²) in [4.78, 5) is 2.99. The van der Waals surface area contributed by atoms with E-state index in [0.717, 1.165) is 41.7 Å². The predicted molar refractivity (Wildman–Crippen MR) is 125 cm³/mol. The van der Waals surface area contributed by atoms with E-state index in [1.807, 2.05) is 6.92 Å². The molecule has 0 saturated heterocycles. The third-order valence-electron chi connectivity index (χ3n) is 4.37. The Morgan fingerprint density at radius 1 is 1.06 bits per heavy atom. The number of nitrogens with one attached hydrogen (secondary N) is 4. The minimum absolute atomic E-state index is 0.0592. The molecule has 0 aliphatic carbocycles. The summed E-state index contributed by atoms with van der Waals surface area (Å²) in [6.45, 7) is 4.43. The molecule has 4 N–H and O–H groups in total. The maximum atomic E-state index is 14.6. The molecule has 3 rings (SSSR count). The van der Waals surface area contributed by atoms with Crippen molar-refractivity contribution in [1.82, 2.24) is 10.3 Å². The van der Waals surface area contributed by atoms with Gasteiger partial charge >= 0.3 is 0 Å². The van der Waals surface area contributed by atoms with Crippen LogP contribution in [-0.4, -0.2) is 33.0 Å². The fourth-order valence-electron chi connectivity index (χ4n) is 2.83. The number of likely N-dealkylation sites (N-methyl/N-ethyl adjacent to an activating group) is 1. The number of rotatable bonds is 11. The highest BCUT2D eigenvalue weighted by molar-refractivity contribution is 7.93. The van der Waals surface area contributed by atoms with Gasteiger partial charge in [0, 0.05) is 48.0 Å². The molecular weight excluding hydrogens is 480 g/mol. The molecule has 0 aliphatic heterocycles. The van der Waals surface area contributed by atoms with Gasteiger partial charge in [-0.1, -0.05) is 24.6 Å². The second-order valence-corrected chi connectivity index (χ2v) is 9.62. The largest absolute Gasteiger partial charge is 0.383 e. The number of hydrogen-bond donors (Lipinski definition) is 4. The van der Waals surface area contributed by atoms with Crippen molar-refractivity contribution in [2.45, 2.75) is 18.4 Å². The first-order valence-electron chi connectivity index (χ1n) is 9.68. The van der Waals surface area contributed by atoms with E-state index in [2.05, 4.69) is 25.7 Å². The Morgan fingerprint density at radius 3 is 2.59 bits per heavy atom. The quantitative estimate of drug-likeness (QED) is 0.289. The second kappa shape index (κ2) is 10.9. The summed E-state index contributed by atoms with van der Waals surface area (Å²) in [5.41, 5.74) is 1.38. The van der Waals surface area contributed by atoms with Crippen molar-refractivity contribution in [1.29, 1.82) is 0 Å². The monoisotopic (exact) mass is 501 g/mol. The first kappa shape index (κ1) is 24.2. The summed E-state index contributed by atoms with van der Waals surface area (Å²) in [6, 6.07) is 6.69. The van der Waals surface area contributed by atoms with Gasteiger partial charge in [-0.25, -0.2) is 22.2 Å². The van der Waals surface area contributed by atoms with Crippen molar-refractivity contribution in [3.05, 3.63) is 64.1 Å². The lowest BCUT2D eigenvalue weighted by Gasteiger charge is -2.15. The van der Waals surface area contributed by atoms with Crippen molar-refractivity contribution in [3.63, 3.8) is 0 Å². The van der Waals surface area contributed by atoms with E-state index < -0.39 is 26.6 Å². The zero-order valence-corrected chi connectivity index (χ0v) is 19.5. The van der Waals surface area contributed by atoms with Crippen LogP contribution in [0.15, 0.2) is 46.8 Å². The van der Waals surface area contributed by atoms with E-state index in [4.69, 9.17) is 11.6 Å². The van der Waals surface area contributed by atoms with Gasteiger partial charge in [0.05, 0.1) is 5.69 Å². The van der Waals surface area contributed by atoms with Crippen molar-refractivity contribution in [3.8, 4) is 0 Å². The number of aromatic nitrogens is 1. The Bertz CT molecular complexity index is 1160. The summed E-state index contributed by atoms with van der Waals surface area (Å²) in [5, 5.41) is 11.4. The first-order valence-corrected chi connectivity index (χ1v) is 12.4. The average Bonchev–Trinajstić information content (AvgIpc) is 3.24. The molecule has 3 aromatic rings. The standard InChI is InChI=1S/C20H22ClF2N5O2S2/c1-2-24-5-6-25-17-9-14(21)4-3-13(17)12-27-18-10-16(23)19(11-15(18)22)32(29,30)28-20-26-7-8-31-20/h3-4,7-11,24-25,27H,2,5-6,12H2,1H3,(H,26,28). The van der Waals surface area contributed by atoms with E-state index in [1.165, 1.54) is 6.20 Å². The van der Waals surface area contributed by atoms with Crippen LogP contribution in [0.1, 0.15) is 12.5 Å². The maximum Gasteiger partial charge on any atom is 0.266 e. The molecule has 0 fully saturated rings.